The maximum atomic E-state index is 11.1. The Morgan fingerprint density at radius 2 is 2.36 bits per heavy atom. The van der Waals surface area contributed by atoms with Gasteiger partial charge in [0.05, 0.1) is 18.0 Å². The fourth-order valence-electron chi connectivity index (χ4n) is 1.50. The van der Waals surface area contributed by atoms with Crippen molar-refractivity contribution < 1.29 is 9.21 Å². The predicted molar refractivity (Wildman–Crippen MR) is 48.7 cm³/mol. The van der Waals surface area contributed by atoms with Crippen LogP contribution in [0.1, 0.15) is 5.56 Å². The first-order chi connectivity index (χ1) is 6.84. The van der Waals surface area contributed by atoms with Crippen molar-refractivity contribution in [1.29, 1.82) is 0 Å². The molecule has 0 fully saturated rings. The number of aliphatic imine (C=N–C) groups is 1. The van der Waals surface area contributed by atoms with E-state index < -0.39 is 0 Å². The summed E-state index contributed by atoms with van der Waals surface area (Å²) < 4.78 is 5.36. The van der Waals surface area contributed by atoms with E-state index in [2.05, 4.69) is 15.0 Å². The molecule has 5 heteroatoms. The van der Waals surface area contributed by atoms with Gasteiger partial charge >= 0.3 is 0 Å². The summed E-state index contributed by atoms with van der Waals surface area (Å²) in [6.07, 6.45) is 4.59. The highest BCUT2D eigenvalue weighted by Crippen LogP contribution is 2.32. The average molecular weight is 187 g/mol. The van der Waals surface area contributed by atoms with Gasteiger partial charge in [0.1, 0.15) is 11.8 Å². The zero-order valence-electron chi connectivity index (χ0n) is 7.10. The zero-order valence-corrected chi connectivity index (χ0v) is 7.10. The number of carbonyl (C=O) groups is 1. The van der Waals surface area contributed by atoms with E-state index in [0.29, 0.717) is 23.4 Å². The molecule has 0 saturated carbocycles. The molecule has 2 aromatic heterocycles. The van der Waals surface area contributed by atoms with Crippen LogP contribution in [0.4, 0.5) is 5.88 Å². The number of ketones is 1. The summed E-state index contributed by atoms with van der Waals surface area (Å²) in [6, 6.07) is 0. The van der Waals surface area contributed by atoms with Gasteiger partial charge in [0, 0.05) is 6.42 Å². The van der Waals surface area contributed by atoms with Gasteiger partial charge < -0.3 is 4.42 Å². The first-order valence-corrected chi connectivity index (χ1v) is 4.13. The number of furan rings is 1. The molecule has 68 valence electrons. The normalized spacial score (nSPS) is 14.7. The fourth-order valence-corrected chi connectivity index (χ4v) is 1.50. The lowest BCUT2D eigenvalue weighted by Crippen LogP contribution is -2.07. The monoisotopic (exact) mass is 187 g/mol. The highest BCUT2D eigenvalue weighted by Gasteiger charge is 2.20. The third kappa shape index (κ3) is 0.891. The second-order valence-corrected chi connectivity index (χ2v) is 3.02. The van der Waals surface area contributed by atoms with Crippen molar-refractivity contribution in [1.82, 2.24) is 9.97 Å². The van der Waals surface area contributed by atoms with Crippen molar-refractivity contribution in [2.24, 2.45) is 4.99 Å². The average Bonchev–Trinajstić information content (AvgIpc) is 2.56. The Bertz CT molecular complexity index is 556. The molecule has 0 amide bonds. The molecule has 1 aliphatic heterocycles. The molecule has 2 aromatic rings. The number of hydrogen-bond donors (Lipinski definition) is 0. The Kier molecular flexibility index (Phi) is 1.30. The van der Waals surface area contributed by atoms with Crippen molar-refractivity contribution in [3.05, 3.63) is 18.1 Å². The Balaban J connectivity index is 2.37. The number of nitrogens with zero attached hydrogens (tertiary/aromatic N) is 3. The van der Waals surface area contributed by atoms with Gasteiger partial charge in [-0.3, -0.25) is 4.79 Å². The summed E-state index contributed by atoms with van der Waals surface area (Å²) in [7, 11) is 0. The van der Waals surface area contributed by atoms with Gasteiger partial charge in [-0.05, 0) is 0 Å². The van der Waals surface area contributed by atoms with Crippen LogP contribution in [0.2, 0.25) is 0 Å². The smallest absolute Gasteiger partial charge is 0.225 e. The van der Waals surface area contributed by atoms with Gasteiger partial charge in [-0.2, -0.15) is 0 Å². The molecule has 0 unspecified atom stereocenters. The summed E-state index contributed by atoms with van der Waals surface area (Å²) >= 11 is 0. The minimum atomic E-state index is -0.0289. The maximum absolute atomic E-state index is 11.1. The van der Waals surface area contributed by atoms with Crippen LogP contribution in [0.15, 0.2) is 21.9 Å². The molecule has 0 radical (unpaired) electrons. The first kappa shape index (κ1) is 7.37. The van der Waals surface area contributed by atoms with Crippen LogP contribution in [0, 0.1) is 0 Å². The van der Waals surface area contributed by atoms with Gasteiger partial charge in [-0.15, -0.1) is 0 Å². The van der Waals surface area contributed by atoms with Crippen molar-refractivity contribution in [3.63, 3.8) is 0 Å². The molecule has 0 aliphatic carbocycles. The lowest BCUT2D eigenvalue weighted by molar-refractivity contribution is -0.112. The quantitative estimate of drug-likeness (QED) is 0.618. The highest BCUT2D eigenvalue weighted by molar-refractivity contribution is 6.30. The molecule has 0 bridgehead atoms. The molecule has 3 heterocycles. The van der Waals surface area contributed by atoms with Gasteiger partial charge in [0.25, 0.3) is 0 Å². The summed E-state index contributed by atoms with van der Waals surface area (Å²) in [5.74, 6) is 0.443. The second kappa shape index (κ2) is 2.47. The van der Waals surface area contributed by atoms with Crippen LogP contribution in [0.3, 0.4) is 0 Å². The Labute approximate surface area is 78.5 Å². The van der Waals surface area contributed by atoms with Crippen LogP contribution >= 0.6 is 0 Å². The van der Waals surface area contributed by atoms with Crippen LogP contribution in [-0.4, -0.2) is 22.0 Å². The molecule has 5 nitrogen and oxygen atoms in total. The van der Waals surface area contributed by atoms with E-state index >= 15 is 0 Å². The number of carbonyl (C=O) groups excluding carboxylic acids is 1. The molecule has 3 rings (SSSR count). The van der Waals surface area contributed by atoms with Crippen LogP contribution in [0.25, 0.3) is 11.1 Å². The molecule has 0 N–H and O–H groups in total. The maximum Gasteiger partial charge on any atom is 0.225 e. The SMILES string of the molecule is O=C1C=Nc2oc3cncnc3c2C1. The third-order valence-electron chi connectivity index (χ3n) is 2.11. The molecule has 0 aromatic carbocycles. The highest BCUT2D eigenvalue weighted by atomic mass is 16.3. The van der Waals surface area contributed by atoms with E-state index in [-0.39, 0.29) is 5.78 Å². The number of rotatable bonds is 0. The fraction of sp³-hybridized carbons (Fsp3) is 0.111. The molecule has 1 aliphatic rings. The van der Waals surface area contributed by atoms with E-state index in [4.69, 9.17) is 4.42 Å². The Morgan fingerprint density at radius 1 is 1.43 bits per heavy atom. The molecule has 0 atom stereocenters. The number of fused-ring (bicyclic) bond motifs is 3. The van der Waals surface area contributed by atoms with Gasteiger partial charge in [0.2, 0.25) is 5.88 Å². The lowest BCUT2D eigenvalue weighted by atomic mass is 10.1. The van der Waals surface area contributed by atoms with E-state index in [1.807, 2.05) is 0 Å². The molecule has 14 heavy (non-hydrogen) atoms. The Morgan fingerprint density at radius 3 is 3.29 bits per heavy atom. The van der Waals surface area contributed by atoms with Crippen LogP contribution in [0.5, 0.6) is 0 Å². The van der Waals surface area contributed by atoms with Crippen LogP contribution < -0.4 is 0 Å². The topological polar surface area (TPSA) is 68.3 Å². The van der Waals surface area contributed by atoms with E-state index in [1.165, 1.54) is 12.5 Å². The van der Waals surface area contributed by atoms with Crippen molar-refractivity contribution in [2.75, 3.05) is 0 Å². The Hall–Kier alpha value is -2.04. The number of hydrogen-bond acceptors (Lipinski definition) is 5. The van der Waals surface area contributed by atoms with E-state index in [0.717, 1.165) is 5.56 Å². The minimum Gasteiger partial charge on any atom is -0.435 e. The van der Waals surface area contributed by atoms with E-state index in [1.54, 1.807) is 6.20 Å². The summed E-state index contributed by atoms with van der Waals surface area (Å²) in [6.45, 7) is 0. The molecular formula is C9H5N3O2. The van der Waals surface area contributed by atoms with Crippen molar-refractivity contribution in [3.8, 4) is 0 Å². The van der Waals surface area contributed by atoms with Crippen LogP contribution in [-0.2, 0) is 11.2 Å². The second-order valence-electron chi connectivity index (χ2n) is 3.02. The summed E-state index contributed by atoms with van der Waals surface area (Å²) in [4.78, 5) is 22.9. The van der Waals surface area contributed by atoms with Crippen molar-refractivity contribution >= 4 is 29.0 Å². The number of Topliss-reactive ketones (excluding diaryl/α,β-unsaturated/α-hetero) is 1. The van der Waals surface area contributed by atoms with Gasteiger partial charge in [0.15, 0.2) is 11.4 Å². The predicted octanol–water partition coefficient (Wildman–Crippen LogP) is 1.05. The summed E-state index contributed by atoms with van der Waals surface area (Å²) in [5.41, 5.74) is 2.01. The standard InChI is InChI=1S/C9H5N3O2/c13-5-1-6-8-7(3-10-4-12-8)14-9(6)11-2-5/h2-4H,1H2. The minimum absolute atomic E-state index is 0.0289. The first-order valence-electron chi connectivity index (χ1n) is 4.13. The van der Waals surface area contributed by atoms with E-state index in [9.17, 15) is 4.79 Å². The van der Waals surface area contributed by atoms with Gasteiger partial charge in [-0.25, -0.2) is 15.0 Å². The largest absolute Gasteiger partial charge is 0.435 e. The molecule has 0 spiro atoms. The zero-order chi connectivity index (χ0) is 9.54. The lowest BCUT2D eigenvalue weighted by Gasteiger charge is -1.99. The molecule has 0 saturated heterocycles. The molecular weight excluding hydrogens is 182 g/mol. The van der Waals surface area contributed by atoms with Crippen molar-refractivity contribution in [2.45, 2.75) is 6.42 Å². The number of aromatic nitrogens is 2. The summed E-state index contributed by atoms with van der Waals surface area (Å²) in [5, 5.41) is 0. The third-order valence-corrected chi connectivity index (χ3v) is 2.11. The van der Waals surface area contributed by atoms with Gasteiger partial charge in [-0.1, -0.05) is 0 Å².